The normalized spacial score (nSPS) is 12.1. The highest BCUT2D eigenvalue weighted by molar-refractivity contribution is 5.97. The van der Waals surface area contributed by atoms with Crippen molar-refractivity contribution < 1.29 is 14.3 Å². The van der Waals surface area contributed by atoms with Crippen LogP contribution >= 0.6 is 0 Å². The lowest BCUT2D eigenvalue weighted by atomic mass is 10.1. The largest absolute Gasteiger partial charge is 0.474 e. The first-order valence-electron chi connectivity index (χ1n) is 8.86. The van der Waals surface area contributed by atoms with Gasteiger partial charge in [-0.2, -0.15) is 0 Å². The molecular formula is C20H27N5O3. The average molecular weight is 385 g/mol. The lowest BCUT2D eigenvalue weighted by molar-refractivity contribution is -0.0182. The first kappa shape index (κ1) is 21.2. The van der Waals surface area contributed by atoms with Crippen molar-refractivity contribution in [2.45, 2.75) is 32.4 Å². The molecule has 1 atom stereocenters. The number of rotatable bonds is 7. The zero-order valence-electron chi connectivity index (χ0n) is 16.6. The Bertz CT molecular complexity index is 824. The van der Waals surface area contributed by atoms with Crippen molar-refractivity contribution >= 4 is 23.4 Å². The molecule has 0 saturated carbocycles. The van der Waals surface area contributed by atoms with Gasteiger partial charge in [0.25, 0.3) is 0 Å². The molecule has 0 spiro atoms. The van der Waals surface area contributed by atoms with E-state index in [-0.39, 0.29) is 30.1 Å². The van der Waals surface area contributed by atoms with Crippen LogP contribution in [0.3, 0.4) is 0 Å². The molecule has 0 aliphatic carbocycles. The van der Waals surface area contributed by atoms with Crippen molar-refractivity contribution in [3.8, 4) is 0 Å². The molecule has 1 aromatic carbocycles. The minimum atomic E-state index is -0.524. The van der Waals surface area contributed by atoms with Gasteiger partial charge < -0.3 is 20.5 Å². The van der Waals surface area contributed by atoms with Crippen molar-refractivity contribution in [3.63, 3.8) is 0 Å². The lowest BCUT2D eigenvalue weighted by Crippen LogP contribution is -2.31. The number of nitrogens with one attached hydrogen (secondary N) is 3. The summed E-state index contributed by atoms with van der Waals surface area (Å²) < 4.78 is 10.7. The number of nitrogens with zero attached hydrogens (tertiary/aromatic N) is 1. The number of nitrogen functional groups attached to an aromatic ring is 1. The maximum absolute atomic E-state index is 12.2. The first-order valence-corrected chi connectivity index (χ1v) is 8.86. The van der Waals surface area contributed by atoms with E-state index in [2.05, 4.69) is 15.6 Å². The van der Waals surface area contributed by atoms with E-state index in [4.69, 9.17) is 20.6 Å². The lowest BCUT2D eigenvalue weighted by Gasteiger charge is -2.23. The van der Waals surface area contributed by atoms with Gasteiger partial charge in [-0.25, -0.2) is 9.78 Å². The molecule has 1 aromatic heterocycles. The third kappa shape index (κ3) is 5.95. The van der Waals surface area contributed by atoms with Crippen LogP contribution in [0.5, 0.6) is 0 Å². The zero-order chi connectivity index (χ0) is 20.7. The summed E-state index contributed by atoms with van der Waals surface area (Å²) in [7, 11) is 1.58. The number of pyridine rings is 1. The van der Waals surface area contributed by atoms with Crippen LogP contribution < -0.4 is 16.4 Å². The molecule has 28 heavy (non-hydrogen) atoms. The molecule has 5 N–H and O–H groups in total. The second-order valence-corrected chi connectivity index (χ2v) is 6.97. The van der Waals surface area contributed by atoms with Crippen LogP contribution in [0.4, 0.5) is 16.3 Å². The summed E-state index contributed by atoms with van der Waals surface area (Å²) in [5.41, 5.74) is 7.09. The smallest absolute Gasteiger partial charge is 0.320 e. The highest BCUT2D eigenvalue weighted by atomic mass is 16.5. The molecule has 0 radical (unpaired) electrons. The van der Waals surface area contributed by atoms with Crippen molar-refractivity contribution in [3.05, 3.63) is 53.7 Å². The molecule has 2 rings (SSSR count). The number of urea groups is 1. The van der Waals surface area contributed by atoms with E-state index in [1.165, 1.54) is 12.3 Å². The van der Waals surface area contributed by atoms with Gasteiger partial charge >= 0.3 is 6.03 Å². The third-order valence-corrected chi connectivity index (χ3v) is 4.19. The van der Waals surface area contributed by atoms with E-state index in [9.17, 15) is 4.79 Å². The summed E-state index contributed by atoms with van der Waals surface area (Å²) in [6.45, 7) is 5.79. The van der Waals surface area contributed by atoms with Crippen LogP contribution in [-0.4, -0.2) is 36.2 Å². The van der Waals surface area contributed by atoms with Gasteiger partial charge in [0.05, 0.1) is 17.2 Å². The Hall–Kier alpha value is -3.13. The molecule has 150 valence electrons. The van der Waals surface area contributed by atoms with Crippen molar-refractivity contribution in [2.24, 2.45) is 0 Å². The molecule has 0 fully saturated rings. The van der Waals surface area contributed by atoms with E-state index >= 15 is 0 Å². The number of hydrogen-bond acceptors (Lipinski definition) is 6. The highest BCUT2D eigenvalue weighted by Gasteiger charge is 2.19. The van der Waals surface area contributed by atoms with E-state index in [1.54, 1.807) is 7.11 Å². The summed E-state index contributed by atoms with van der Waals surface area (Å²) in [4.78, 5) is 16.3. The summed E-state index contributed by atoms with van der Waals surface area (Å²) in [5.74, 6) is 0.174. The standard InChI is InChI=1S/C20H27N5O3/c1-13(14-8-6-5-7-9-14)24-19(26)25-17-10-16(21)15(11-23-17)18(22)28-12-20(2,3)27-4/h5-11,13,22H,12H2,1-4H3,(H4,21,23,24,25,26). The van der Waals surface area contributed by atoms with Crippen LogP contribution in [-0.2, 0) is 9.47 Å². The second-order valence-electron chi connectivity index (χ2n) is 6.97. The van der Waals surface area contributed by atoms with Crippen LogP contribution in [0.25, 0.3) is 0 Å². The van der Waals surface area contributed by atoms with Crippen molar-refractivity contribution in [1.29, 1.82) is 5.41 Å². The quantitative estimate of drug-likeness (QED) is 0.430. The molecule has 2 amide bonds. The fourth-order valence-electron chi connectivity index (χ4n) is 2.29. The molecule has 8 heteroatoms. The number of aromatic nitrogens is 1. The Morgan fingerprint density at radius 1 is 1.32 bits per heavy atom. The fraction of sp³-hybridized carbons (Fsp3) is 0.350. The maximum atomic E-state index is 12.2. The van der Waals surface area contributed by atoms with Crippen molar-refractivity contribution in [2.75, 3.05) is 24.8 Å². The van der Waals surface area contributed by atoms with Crippen LogP contribution in [0, 0.1) is 5.41 Å². The van der Waals surface area contributed by atoms with Crippen LogP contribution in [0.1, 0.15) is 37.9 Å². The average Bonchev–Trinajstić information content (AvgIpc) is 2.67. The number of amides is 2. The molecule has 0 bridgehead atoms. The molecule has 1 unspecified atom stereocenters. The predicted octanol–water partition coefficient (Wildman–Crippen LogP) is 3.31. The van der Waals surface area contributed by atoms with Gasteiger partial charge in [0.2, 0.25) is 5.90 Å². The number of nitrogens with two attached hydrogens (primary N) is 1. The van der Waals surface area contributed by atoms with E-state index in [0.717, 1.165) is 5.56 Å². The first-order chi connectivity index (χ1) is 13.2. The maximum Gasteiger partial charge on any atom is 0.320 e. The van der Waals surface area contributed by atoms with Gasteiger partial charge in [0.1, 0.15) is 12.4 Å². The topological polar surface area (TPSA) is 122 Å². The van der Waals surface area contributed by atoms with Gasteiger partial charge in [-0.1, -0.05) is 30.3 Å². The number of benzene rings is 1. The van der Waals surface area contributed by atoms with E-state index in [1.807, 2.05) is 51.1 Å². The van der Waals surface area contributed by atoms with Gasteiger partial charge in [-0.3, -0.25) is 10.7 Å². The van der Waals surface area contributed by atoms with Crippen molar-refractivity contribution in [1.82, 2.24) is 10.3 Å². The highest BCUT2D eigenvalue weighted by Crippen LogP contribution is 2.18. The minimum absolute atomic E-state index is 0.108. The molecular weight excluding hydrogens is 358 g/mol. The van der Waals surface area contributed by atoms with Gasteiger partial charge in [-0.15, -0.1) is 0 Å². The molecule has 0 saturated heterocycles. The molecule has 0 aliphatic heterocycles. The van der Waals surface area contributed by atoms with E-state index < -0.39 is 11.6 Å². The van der Waals surface area contributed by atoms with Crippen LogP contribution in [0.15, 0.2) is 42.6 Å². The number of methoxy groups -OCH3 is 1. The van der Waals surface area contributed by atoms with Gasteiger partial charge in [-0.05, 0) is 26.3 Å². The Morgan fingerprint density at radius 2 is 2.00 bits per heavy atom. The third-order valence-electron chi connectivity index (χ3n) is 4.19. The Kier molecular flexibility index (Phi) is 6.94. The molecule has 0 aliphatic rings. The Labute approximate surface area is 165 Å². The summed E-state index contributed by atoms with van der Waals surface area (Å²) >= 11 is 0. The minimum Gasteiger partial charge on any atom is -0.474 e. The SMILES string of the molecule is COC(C)(C)COC(=N)c1cnc(NC(=O)NC(C)c2ccccc2)cc1N. The van der Waals surface area contributed by atoms with E-state index in [0.29, 0.717) is 5.56 Å². The number of carbonyl (C=O) groups is 1. The molecule has 8 nitrogen and oxygen atoms in total. The fourth-order valence-corrected chi connectivity index (χ4v) is 2.29. The monoisotopic (exact) mass is 385 g/mol. The van der Waals surface area contributed by atoms with Gasteiger partial charge in [0.15, 0.2) is 0 Å². The zero-order valence-corrected chi connectivity index (χ0v) is 16.6. The number of hydrogen-bond donors (Lipinski definition) is 4. The molecule has 2 aromatic rings. The predicted molar refractivity (Wildman–Crippen MR) is 110 cm³/mol. The Balaban J connectivity index is 1.96. The molecule has 1 heterocycles. The Morgan fingerprint density at radius 3 is 2.61 bits per heavy atom. The van der Waals surface area contributed by atoms with Gasteiger partial charge in [0, 0.05) is 25.1 Å². The number of anilines is 2. The second kappa shape index (κ2) is 9.18. The summed E-state index contributed by atoms with van der Waals surface area (Å²) in [6, 6.07) is 10.5. The number of ether oxygens (including phenoxy) is 2. The summed E-state index contributed by atoms with van der Waals surface area (Å²) in [5, 5.41) is 13.5. The van der Waals surface area contributed by atoms with Crippen LogP contribution in [0.2, 0.25) is 0 Å². The number of carbonyl (C=O) groups excluding carboxylic acids is 1. The summed E-state index contributed by atoms with van der Waals surface area (Å²) in [6.07, 6.45) is 1.40.